The van der Waals surface area contributed by atoms with Crippen LogP contribution in [-0.4, -0.2) is 26.2 Å². The van der Waals surface area contributed by atoms with Crippen molar-refractivity contribution in [2.24, 2.45) is 0 Å². The van der Waals surface area contributed by atoms with Gasteiger partial charge in [-0.3, -0.25) is 0 Å². The average Bonchev–Trinajstić information content (AvgIpc) is 2.39. The third kappa shape index (κ3) is 2.53. The predicted octanol–water partition coefficient (Wildman–Crippen LogP) is 1.75. The predicted molar refractivity (Wildman–Crippen MR) is 62.8 cm³/mol. The standard InChI is InChI=1S/C13H14FNO2/c1-17-13(16)11-6-7-15-8-12(11)9-2-4-10(14)5-3-9/h2-5,15H,6-8H2,1H3. The molecular weight excluding hydrogens is 221 g/mol. The zero-order valence-corrected chi connectivity index (χ0v) is 9.63. The van der Waals surface area contributed by atoms with E-state index < -0.39 is 0 Å². The number of halogens is 1. The topological polar surface area (TPSA) is 38.3 Å². The van der Waals surface area contributed by atoms with Gasteiger partial charge in [0.15, 0.2) is 0 Å². The molecule has 90 valence electrons. The summed E-state index contributed by atoms with van der Waals surface area (Å²) < 4.78 is 17.6. The molecule has 0 radical (unpaired) electrons. The van der Waals surface area contributed by atoms with E-state index in [-0.39, 0.29) is 11.8 Å². The van der Waals surface area contributed by atoms with Crippen molar-refractivity contribution in [2.75, 3.05) is 20.2 Å². The third-order valence-corrected chi connectivity index (χ3v) is 2.84. The number of rotatable bonds is 2. The lowest BCUT2D eigenvalue weighted by atomic mass is 9.95. The Morgan fingerprint density at radius 2 is 2.06 bits per heavy atom. The Labute approximate surface area is 99.3 Å². The number of methoxy groups -OCH3 is 1. The van der Waals surface area contributed by atoms with E-state index >= 15 is 0 Å². The molecule has 4 heteroatoms. The SMILES string of the molecule is COC(=O)C1=C(c2ccc(F)cc2)CNCC1. The Kier molecular flexibility index (Phi) is 3.54. The molecule has 1 aliphatic heterocycles. The van der Waals surface area contributed by atoms with Gasteiger partial charge in [-0.15, -0.1) is 0 Å². The van der Waals surface area contributed by atoms with Gasteiger partial charge in [0, 0.05) is 12.1 Å². The zero-order valence-electron chi connectivity index (χ0n) is 9.63. The van der Waals surface area contributed by atoms with Crippen LogP contribution in [0.15, 0.2) is 29.8 Å². The average molecular weight is 235 g/mol. The molecule has 0 aliphatic carbocycles. The van der Waals surface area contributed by atoms with Crippen molar-refractivity contribution in [3.63, 3.8) is 0 Å². The monoisotopic (exact) mass is 235 g/mol. The van der Waals surface area contributed by atoms with E-state index in [9.17, 15) is 9.18 Å². The minimum atomic E-state index is -0.300. The van der Waals surface area contributed by atoms with E-state index in [1.54, 1.807) is 12.1 Å². The van der Waals surface area contributed by atoms with Gasteiger partial charge in [-0.05, 0) is 36.2 Å². The minimum Gasteiger partial charge on any atom is -0.466 e. The van der Waals surface area contributed by atoms with Gasteiger partial charge >= 0.3 is 5.97 Å². The van der Waals surface area contributed by atoms with Crippen LogP contribution in [0.1, 0.15) is 12.0 Å². The van der Waals surface area contributed by atoms with Gasteiger partial charge in [0.1, 0.15) is 5.82 Å². The molecule has 1 aromatic rings. The molecule has 0 aromatic heterocycles. The summed E-state index contributed by atoms with van der Waals surface area (Å²) in [4.78, 5) is 11.6. The van der Waals surface area contributed by atoms with Crippen molar-refractivity contribution >= 4 is 11.5 Å². The first-order valence-electron chi connectivity index (χ1n) is 5.49. The number of hydrogen-bond acceptors (Lipinski definition) is 3. The summed E-state index contributed by atoms with van der Waals surface area (Å²) in [5, 5.41) is 3.20. The summed E-state index contributed by atoms with van der Waals surface area (Å²) in [5.41, 5.74) is 2.43. The molecule has 3 nitrogen and oxygen atoms in total. The van der Waals surface area contributed by atoms with Crippen molar-refractivity contribution < 1.29 is 13.9 Å². The number of ether oxygens (including phenoxy) is 1. The van der Waals surface area contributed by atoms with Crippen LogP contribution in [0, 0.1) is 5.82 Å². The van der Waals surface area contributed by atoms with Crippen LogP contribution in [0.4, 0.5) is 4.39 Å². The summed E-state index contributed by atoms with van der Waals surface area (Å²) in [7, 11) is 1.37. The van der Waals surface area contributed by atoms with Gasteiger partial charge in [-0.2, -0.15) is 0 Å². The number of carbonyl (C=O) groups excluding carboxylic acids is 1. The van der Waals surface area contributed by atoms with E-state index in [0.717, 1.165) is 17.7 Å². The second-order valence-corrected chi connectivity index (χ2v) is 3.88. The van der Waals surface area contributed by atoms with Crippen molar-refractivity contribution in [3.05, 3.63) is 41.2 Å². The molecule has 0 saturated carbocycles. The van der Waals surface area contributed by atoms with Crippen molar-refractivity contribution in [3.8, 4) is 0 Å². The maximum Gasteiger partial charge on any atom is 0.334 e. The van der Waals surface area contributed by atoms with Crippen LogP contribution >= 0.6 is 0 Å². The molecule has 0 unspecified atom stereocenters. The molecular formula is C13H14FNO2. The van der Waals surface area contributed by atoms with Gasteiger partial charge in [0.2, 0.25) is 0 Å². The Hall–Kier alpha value is -1.68. The molecule has 0 amide bonds. The Morgan fingerprint density at radius 3 is 2.71 bits per heavy atom. The zero-order chi connectivity index (χ0) is 12.3. The van der Waals surface area contributed by atoms with Crippen LogP contribution in [0.5, 0.6) is 0 Å². The summed E-state index contributed by atoms with van der Waals surface area (Å²) in [6.07, 6.45) is 0.638. The second-order valence-electron chi connectivity index (χ2n) is 3.88. The Morgan fingerprint density at radius 1 is 1.35 bits per heavy atom. The summed E-state index contributed by atoms with van der Waals surface area (Å²) in [6.45, 7) is 1.37. The molecule has 1 heterocycles. The molecule has 0 saturated heterocycles. The van der Waals surface area contributed by atoms with E-state index in [1.165, 1.54) is 19.2 Å². The molecule has 0 bridgehead atoms. The number of hydrogen-bond donors (Lipinski definition) is 1. The fraction of sp³-hybridized carbons (Fsp3) is 0.308. The molecule has 0 atom stereocenters. The summed E-state index contributed by atoms with van der Waals surface area (Å²) in [6, 6.07) is 6.15. The van der Waals surface area contributed by atoms with Crippen LogP contribution in [0.2, 0.25) is 0 Å². The molecule has 1 N–H and O–H groups in total. The smallest absolute Gasteiger partial charge is 0.334 e. The Balaban J connectivity index is 2.41. The van der Waals surface area contributed by atoms with Gasteiger partial charge in [0.05, 0.1) is 7.11 Å². The Bertz CT molecular complexity index is 451. The van der Waals surface area contributed by atoms with Crippen LogP contribution < -0.4 is 5.32 Å². The number of nitrogens with one attached hydrogen (secondary N) is 1. The van der Waals surface area contributed by atoms with E-state index in [4.69, 9.17) is 4.74 Å². The summed E-state index contributed by atoms with van der Waals surface area (Å²) >= 11 is 0. The lowest BCUT2D eigenvalue weighted by molar-refractivity contribution is -0.136. The maximum atomic E-state index is 12.9. The molecule has 17 heavy (non-hydrogen) atoms. The second kappa shape index (κ2) is 5.10. The van der Waals surface area contributed by atoms with Crippen LogP contribution in [-0.2, 0) is 9.53 Å². The minimum absolute atomic E-state index is 0.280. The molecule has 1 aliphatic rings. The number of benzene rings is 1. The van der Waals surface area contributed by atoms with Crippen LogP contribution in [0.3, 0.4) is 0 Å². The highest BCUT2D eigenvalue weighted by molar-refractivity contribution is 5.98. The lowest BCUT2D eigenvalue weighted by Crippen LogP contribution is -2.27. The quantitative estimate of drug-likeness (QED) is 0.794. The van der Waals surface area contributed by atoms with Crippen LogP contribution in [0.25, 0.3) is 5.57 Å². The molecule has 1 aromatic carbocycles. The highest BCUT2D eigenvalue weighted by Gasteiger charge is 2.20. The van der Waals surface area contributed by atoms with Crippen molar-refractivity contribution in [1.29, 1.82) is 0 Å². The highest BCUT2D eigenvalue weighted by Crippen LogP contribution is 2.24. The fourth-order valence-electron chi connectivity index (χ4n) is 1.96. The van der Waals surface area contributed by atoms with E-state index in [0.29, 0.717) is 18.5 Å². The first-order chi connectivity index (χ1) is 8.22. The van der Waals surface area contributed by atoms with Gasteiger partial charge in [0.25, 0.3) is 0 Å². The van der Waals surface area contributed by atoms with E-state index in [2.05, 4.69) is 5.32 Å². The fourth-order valence-corrected chi connectivity index (χ4v) is 1.96. The number of esters is 1. The first kappa shape index (κ1) is 11.8. The number of carbonyl (C=O) groups is 1. The molecule has 0 fully saturated rings. The van der Waals surface area contributed by atoms with Gasteiger partial charge in [-0.25, -0.2) is 9.18 Å². The van der Waals surface area contributed by atoms with Gasteiger partial charge in [-0.1, -0.05) is 12.1 Å². The first-order valence-corrected chi connectivity index (χ1v) is 5.49. The third-order valence-electron chi connectivity index (χ3n) is 2.84. The maximum absolute atomic E-state index is 12.9. The van der Waals surface area contributed by atoms with Crippen molar-refractivity contribution in [2.45, 2.75) is 6.42 Å². The molecule has 0 spiro atoms. The normalized spacial score (nSPS) is 15.9. The van der Waals surface area contributed by atoms with Gasteiger partial charge < -0.3 is 10.1 Å². The van der Waals surface area contributed by atoms with E-state index in [1.807, 2.05) is 0 Å². The highest BCUT2D eigenvalue weighted by atomic mass is 19.1. The lowest BCUT2D eigenvalue weighted by Gasteiger charge is -2.20. The van der Waals surface area contributed by atoms with Crippen molar-refractivity contribution in [1.82, 2.24) is 5.32 Å². The molecule has 2 rings (SSSR count). The summed E-state index contributed by atoms with van der Waals surface area (Å²) in [5.74, 6) is -0.580. The largest absolute Gasteiger partial charge is 0.466 e.